The van der Waals surface area contributed by atoms with Crippen LogP contribution in [0, 0.1) is 0 Å². The molecule has 4 atom stereocenters. The minimum Gasteiger partial charge on any atom is -0.394 e. The number of aliphatic hydroxyl groups excluding tert-OH is 3. The average Bonchev–Trinajstić information content (AvgIpc) is 3.00. The Morgan fingerprint density at radius 1 is 1.36 bits per heavy atom. The molecule has 0 radical (unpaired) electrons. The van der Waals surface area contributed by atoms with Crippen molar-refractivity contribution in [1.29, 1.82) is 0 Å². The number of aromatic nitrogens is 4. The number of imidazole rings is 1. The SMILES string of the molecule is CN(N)c1nc2c(N)ncnc2n1C1OC(CO)C(O)C1O. The number of hydrazine groups is 1. The van der Waals surface area contributed by atoms with Crippen molar-refractivity contribution in [3.05, 3.63) is 6.33 Å². The topological polar surface area (TPSA) is 169 Å². The fourth-order valence-corrected chi connectivity index (χ4v) is 2.49. The number of nitrogens with two attached hydrogens (primary N) is 2. The zero-order chi connectivity index (χ0) is 16.0. The largest absolute Gasteiger partial charge is 0.394 e. The van der Waals surface area contributed by atoms with Crippen LogP contribution in [0.3, 0.4) is 0 Å². The maximum Gasteiger partial charge on any atom is 0.224 e. The molecule has 0 amide bonds. The molecule has 11 nitrogen and oxygen atoms in total. The smallest absolute Gasteiger partial charge is 0.224 e. The Labute approximate surface area is 124 Å². The molecule has 0 saturated carbocycles. The molecule has 0 aromatic carbocycles. The highest BCUT2D eigenvalue weighted by Gasteiger charge is 2.45. The van der Waals surface area contributed by atoms with E-state index in [1.165, 1.54) is 15.9 Å². The third-order valence-electron chi connectivity index (χ3n) is 3.57. The Kier molecular flexibility index (Phi) is 3.58. The minimum atomic E-state index is -1.29. The first-order chi connectivity index (χ1) is 10.5. The molecule has 0 spiro atoms. The van der Waals surface area contributed by atoms with Gasteiger partial charge < -0.3 is 25.8 Å². The molecule has 11 heteroatoms. The van der Waals surface area contributed by atoms with E-state index >= 15 is 0 Å². The minimum absolute atomic E-state index is 0.151. The van der Waals surface area contributed by atoms with Gasteiger partial charge in [-0.2, -0.15) is 0 Å². The Bertz CT molecular complexity index is 690. The molecule has 1 aliphatic rings. The van der Waals surface area contributed by atoms with Crippen molar-refractivity contribution in [2.75, 3.05) is 24.4 Å². The van der Waals surface area contributed by atoms with Crippen molar-refractivity contribution in [1.82, 2.24) is 19.5 Å². The Morgan fingerprint density at radius 3 is 2.68 bits per heavy atom. The van der Waals surface area contributed by atoms with Crippen molar-refractivity contribution >= 4 is 22.9 Å². The first kappa shape index (κ1) is 14.9. The van der Waals surface area contributed by atoms with Crippen molar-refractivity contribution in [2.45, 2.75) is 24.5 Å². The van der Waals surface area contributed by atoms with Gasteiger partial charge in [0.25, 0.3) is 0 Å². The summed E-state index contributed by atoms with van der Waals surface area (Å²) in [6, 6.07) is 0. The van der Waals surface area contributed by atoms with Gasteiger partial charge in [0.15, 0.2) is 23.2 Å². The molecule has 1 saturated heterocycles. The van der Waals surface area contributed by atoms with Crippen LogP contribution in [0.25, 0.3) is 11.2 Å². The monoisotopic (exact) mass is 311 g/mol. The van der Waals surface area contributed by atoms with E-state index in [1.807, 2.05) is 0 Å². The molecule has 120 valence electrons. The summed E-state index contributed by atoms with van der Waals surface area (Å²) in [5.41, 5.74) is 6.37. The molecule has 4 unspecified atom stereocenters. The summed E-state index contributed by atoms with van der Waals surface area (Å²) >= 11 is 0. The van der Waals surface area contributed by atoms with Crippen LogP contribution < -0.4 is 16.6 Å². The van der Waals surface area contributed by atoms with E-state index in [4.69, 9.17) is 16.3 Å². The Balaban J connectivity index is 2.17. The summed E-state index contributed by atoms with van der Waals surface area (Å²) in [5.74, 6) is 6.13. The third-order valence-corrected chi connectivity index (χ3v) is 3.57. The van der Waals surface area contributed by atoms with Gasteiger partial charge in [0.2, 0.25) is 5.95 Å². The lowest BCUT2D eigenvalue weighted by atomic mass is 10.1. The number of ether oxygens (including phenoxy) is 1. The van der Waals surface area contributed by atoms with Crippen molar-refractivity contribution in [3.63, 3.8) is 0 Å². The van der Waals surface area contributed by atoms with E-state index in [0.717, 1.165) is 0 Å². The number of fused-ring (bicyclic) bond motifs is 1. The van der Waals surface area contributed by atoms with Crippen LogP contribution in [0.4, 0.5) is 11.8 Å². The van der Waals surface area contributed by atoms with Crippen LogP contribution in [0.15, 0.2) is 6.33 Å². The molecule has 0 aliphatic carbocycles. The van der Waals surface area contributed by atoms with Crippen LogP contribution in [0.1, 0.15) is 6.23 Å². The van der Waals surface area contributed by atoms with Gasteiger partial charge >= 0.3 is 0 Å². The van der Waals surface area contributed by atoms with E-state index in [2.05, 4.69) is 15.0 Å². The number of nitrogen functional groups attached to an aromatic ring is 1. The van der Waals surface area contributed by atoms with Crippen molar-refractivity contribution < 1.29 is 20.1 Å². The number of hydrogen-bond acceptors (Lipinski definition) is 10. The highest BCUT2D eigenvalue weighted by molar-refractivity contribution is 5.84. The third kappa shape index (κ3) is 2.07. The molecular weight excluding hydrogens is 294 g/mol. The van der Waals surface area contributed by atoms with Crippen molar-refractivity contribution in [2.24, 2.45) is 5.84 Å². The number of aliphatic hydroxyl groups is 3. The lowest BCUT2D eigenvalue weighted by Crippen LogP contribution is -2.34. The van der Waals surface area contributed by atoms with Crippen molar-refractivity contribution in [3.8, 4) is 0 Å². The van der Waals surface area contributed by atoms with E-state index in [9.17, 15) is 15.3 Å². The second kappa shape index (κ2) is 5.30. The summed E-state index contributed by atoms with van der Waals surface area (Å²) in [4.78, 5) is 12.2. The first-order valence-electron chi connectivity index (χ1n) is 6.55. The number of anilines is 2. The molecule has 2 aromatic rings. The maximum absolute atomic E-state index is 10.2. The van der Waals surface area contributed by atoms with Crippen LogP contribution in [0.2, 0.25) is 0 Å². The molecule has 0 bridgehead atoms. The van der Waals surface area contributed by atoms with Gasteiger partial charge in [0.1, 0.15) is 24.6 Å². The predicted molar refractivity (Wildman–Crippen MR) is 75.3 cm³/mol. The summed E-state index contributed by atoms with van der Waals surface area (Å²) in [7, 11) is 1.54. The zero-order valence-electron chi connectivity index (χ0n) is 11.7. The van der Waals surface area contributed by atoms with Crippen LogP contribution in [-0.4, -0.2) is 66.8 Å². The van der Waals surface area contributed by atoms with Gasteiger partial charge in [-0.25, -0.2) is 20.8 Å². The van der Waals surface area contributed by atoms with Crippen LogP contribution in [0.5, 0.6) is 0 Å². The first-order valence-corrected chi connectivity index (χ1v) is 6.55. The van der Waals surface area contributed by atoms with Gasteiger partial charge in [0.05, 0.1) is 6.61 Å². The Hall–Kier alpha value is -2.05. The lowest BCUT2D eigenvalue weighted by Gasteiger charge is -2.21. The normalized spacial score (nSPS) is 28.4. The molecule has 1 fully saturated rings. The summed E-state index contributed by atoms with van der Waals surface area (Å²) < 4.78 is 6.92. The number of hydrogen-bond donors (Lipinski definition) is 5. The molecule has 3 heterocycles. The van der Waals surface area contributed by atoms with Crippen LogP contribution in [-0.2, 0) is 4.74 Å². The molecule has 1 aliphatic heterocycles. The fraction of sp³-hybridized carbons (Fsp3) is 0.545. The second-order valence-corrected chi connectivity index (χ2v) is 5.05. The van der Waals surface area contributed by atoms with Gasteiger partial charge in [-0.3, -0.25) is 9.58 Å². The predicted octanol–water partition coefficient (Wildman–Crippen LogP) is -2.67. The van der Waals surface area contributed by atoms with Gasteiger partial charge in [-0.1, -0.05) is 0 Å². The summed E-state index contributed by atoms with van der Waals surface area (Å²) in [6.45, 7) is -0.438. The van der Waals surface area contributed by atoms with Gasteiger partial charge in [-0.15, -0.1) is 0 Å². The number of rotatable bonds is 3. The van der Waals surface area contributed by atoms with E-state index in [1.54, 1.807) is 7.05 Å². The quantitative estimate of drug-likeness (QED) is 0.297. The fourth-order valence-electron chi connectivity index (χ4n) is 2.49. The van der Waals surface area contributed by atoms with Gasteiger partial charge in [-0.05, 0) is 0 Å². The van der Waals surface area contributed by atoms with Gasteiger partial charge in [0, 0.05) is 7.05 Å². The van der Waals surface area contributed by atoms with E-state index in [0.29, 0.717) is 11.2 Å². The standard InChI is InChI=1S/C11H17N7O4/c1-17(13)11-16-5-8(12)14-3-15-9(5)18(11)10-7(21)6(20)4(2-19)22-10/h3-4,6-7,10,19-21H,2,13H2,1H3,(H2,12,14,15). The molecule has 3 rings (SSSR count). The number of nitrogens with zero attached hydrogens (tertiary/aromatic N) is 5. The zero-order valence-corrected chi connectivity index (χ0v) is 11.7. The summed E-state index contributed by atoms with van der Waals surface area (Å²) in [6.07, 6.45) is -3.23. The average molecular weight is 311 g/mol. The van der Waals surface area contributed by atoms with E-state index in [-0.39, 0.29) is 11.8 Å². The maximum atomic E-state index is 10.2. The molecule has 22 heavy (non-hydrogen) atoms. The highest BCUT2D eigenvalue weighted by Crippen LogP contribution is 2.35. The lowest BCUT2D eigenvalue weighted by molar-refractivity contribution is -0.0504. The molecule has 7 N–H and O–H groups in total. The summed E-state index contributed by atoms with van der Waals surface area (Å²) in [5, 5.41) is 30.5. The highest BCUT2D eigenvalue weighted by atomic mass is 16.6. The van der Waals surface area contributed by atoms with Crippen LogP contribution >= 0.6 is 0 Å². The van der Waals surface area contributed by atoms with E-state index < -0.39 is 31.1 Å². The Morgan fingerprint density at radius 2 is 2.09 bits per heavy atom. The molecule has 2 aromatic heterocycles. The second-order valence-electron chi connectivity index (χ2n) is 5.05. The molecular formula is C11H17N7O4.